The third-order valence-electron chi connectivity index (χ3n) is 1.87. The Morgan fingerprint density at radius 3 is 2.38 bits per heavy atom. The Hall–Kier alpha value is -1.26. The van der Waals surface area contributed by atoms with Crippen LogP contribution in [0.3, 0.4) is 0 Å². The average molecular weight is 188 g/mol. The molecular weight excluding hydrogens is 179 g/mol. The van der Waals surface area contributed by atoms with Crippen molar-refractivity contribution in [2.24, 2.45) is 5.92 Å². The summed E-state index contributed by atoms with van der Waals surface area (Å²) in [6.07, 6.45) is -1.50. The number of ketones is 2. The van der Waals surface area contributed by atoms with E-state index in [-0.39, 0.29) is 6.42 Å². The summed E-state index contributed by atoms with van der Waals surface area (Å²) in [5, 5.41) is 0. The molecule has 0 N–H and O–H groups in total. The topological polar surface area (TPSA) is 60.4 Å². The molecule has 0 heterocycles. The maximum atomic E-state index is 12.3. The van der Waals surface area contributed by atoms with E-state index in [1.807, 2.05) is 0 Å². The summed E-state index contributed by atoms with van der Waals surface area (Å²) in [5.74, 6) is -3.15. The molecule has 1 aliphatic carbocycles. The Morgan fingerprint density at radius 1 is 1.46 bits per heavy atom. The van der Waals surface area contributed by atoms with Crippen molar-refractivity contribution in [2.45, 2.75) is 19.0 Å². The smallest absolute Gasteiger partial charge is 0.374 e. The summed E-state index contributed by atoms with van der Waals surface area (Å²) >= 11 is 0. The minimum Gasteiger partial charge on any atom is -0.463 e. The molecule has 0 aromatic heterocycles. The first-order valence-corrected chi connectivity index (χ1v) is 3.84. The molecule has 72 valence electrons. The number of alkyl halides is 1. The predicted octanol–water partition coefficient (Wildman–Crippen LogP) is 0.0457. The molecule has 0 radical (unpaired) electrons. The van der Waals surface area contributed by atoms with Gasteiger partial charge in [-0.15, -0.1) is 0 Å². The first-order valence-electron chi connectivity index (χ1n) is 3.84. The number of esters is 1. The van der Waals surface area contributed by atoms with E-state index in [2.05, 4.69) is 4.74 Å². The van der Waals surface area contributed by atoms with E-state index < -0.39 is 36.0 Å². The van der Waals surface area contributed by atoms with Crippen LogP contribution in [-0.4, -0.2) is 30.8 Å². The Balaban J connectivity index is 2.36. The second kappa shape index (κ2) is 3.64. The van der Waals surface area contributed by atoms with Crippen molar-refractivity contribution >= 4 is 17.5 Å². The van der Waals surface area contributed by atoms with Crippen LogP contribution in [0.2, 0.25) is 0 Å². The highest BCUT2D eigenvalue weighted by Crippen LogP contribution is 2.35. The SMILES string of the molecule is COC(=O)C(=O)CC(=O)[C@@H]1C[C@@H]1F. The molecule has 0 spiro atoms. The molecule has 0 aromatic rings. The van der Waals surface area contributed by atoms with Crippen molar-refractivity contribution in [2.75, 3.05) is 7.11 Å². The lowest BCUT2D eigenvalue weighted by atomic mass is 10.1. The molecule has 0 bridgehead atoms. The average Bonchev–Trinajstić information content (AvgIpc) is 2.81. The number of carbonyl (C=O) groups is 3. The largest absolute Gasteiger partial charge is 0.463 e. The highest BCUT2D eigenvalue weighted by atomic mass is 19.1. The molecule has 0 saturated heterocycles. The summed E-state index contributed by atoms with van der Waals surface area (Å²) in [7, 11) is 1.06. The van der Waals surface area contributed by atoms with Gasteiger partial charge >= 0.3 is 5.97 Å². The van der Waals surface area contributed by atoms with Gasteiger partial charge in [0.1, 0.15) is 12.0 Å². The number of halogens is 1. The number of ether oxygens (including phenoxy) is 1. The maximum absolute atomic E-state index is 12.3. The van der Waals surface area contributed by atoms with Crippen molar-refractivity contribution in [3.63, 3.8) is 0 Å². The van der Waals surface area contributed by atoms with Crippen molar-refractivity contribution < 1.29 is 23.5 Å². The van der Waals surface area contributed by atoms with Gasteiger partial charge in [-0.05, 0) is 6.42 Å². The first-order chi connectivity index (χ1) is 6.06. The van der Waals surface area contributed by atoms with E-state index in [4.69, 9.17) is 0 Å². The molecule has 0 unspecified atom stereocenters. The van der Waals surface area contributed by atoms with Gasteiger partial charge in [-0.3, -0.25) is 9.59 Å². The van der Waals surface area contributed by atoms with Crippen LogP contribution < -0.4 is 0 Å². The molecule has 13 heavy (non-hydrogen) atoms. The molecule has 5 heteroatoms. The normalized spacial score (nSPS) is 25.1. The minimum absolute atomic E-state index is 0.174. The van der Waals surface area contributed by atoms with Crippen molar-refractivity contribution in [3.05, 3.63) is 0 Å². The van der Waals surface area contributed by atoms with Crippen LogP contribution in [0.15, 0.2) is 0 Å². The van der Waals surface area contributed by atoms with Gasteiger partial charge in [0.05, 0.1) is 19.4 Å². The van der Waals surface area contributed by atoms with Gasteiger partial charge in [0.15, 0.2) is 0 Å². The highest BCUT2D eigenvalue weighted by molar-refractivity contribution is 6.37. The van der Waals surface area contributed by atoms with Crippen LogP contribution in [0.5, 0.6) is 0 Å². The molecule has 0 amide bonds. The molecule has 1 fully saturated rings. The maximum Gasteiger partial charge on any atom is 0.374 e. The number of carbonyl (C=O) groups excluding carboxylic acids is 3. The van der Waals surface area contributed by atoms with E-state index in [9.17, 15) is 18.8 Å². The third-order valence-corrected chi connectivity index (χ3v) is 1.87. The summed E-state index contributed by atoms with van der Waals surface area (Å²) in [4.78, 5) is 32.3. The van der Waals surface area contributed by atoms with Crippen LogP contribution >= 0.6 is 0 Å². The van der Waals surface area contributed by atoms with E-state index in [1.54, 1.807) is 0 Å². The van der Waals surface area contributed by atoms with Gasteiger partial charge in [-0.25, -0.2) is 9.18 Å². The van der Waals surface area contributed by atoms with E-state index >= 15 is 0 Å². The zero-order chi connectivity index (χ0) is 10.0. The number of Topliss-reactive ketones (excluding diaryl/α,β-unsaturated/α-hetero) is 2. The second-order valence-corrected chi connectivity index (χ2v) is 2.92. The minimum atomic E-state index is -1.13. The van der Waals surface area contributed by atoms with E-state index in [0.29, 0.717) is 0 Å². The number of methoxy groups -OCH3 is 1. The Morgan fingerprint density at radius 2 is 2.00 bits per heavy atom. The Kier molecular flexibility index (Phi) is 2.75. The van der Waals surface area contributed by atoms with Gasteiger partial charge in [0.25, 0.3) is 0 Å². The van der Waals surface area contributed by atoms with Crippen LogP contribution in [0.1, 0.15) is 12.8 Å². The lowest BCUT2D eigenvalue weighted by molar-refractivity contribution is -0.152. The van der Waals surface area contributed by atoms with Crippen molar-refractivity contribution in [1.29, 1.82) is 0 Å². The predicted molar refractivity (Wildman–Crippen MR) is 39.7 cm³/mol. The molecular formula is C8H9FO4. The Labute approximate surface area is 74.1 Å². The monoisotopic (exact) mass is 188 g/mol. The van der Waals surface area contributed by atoms with Gasteiger partial charge < -0.3 is 4.74 Å². The molecule has 0 aromatic carbocycles. The van der Waals surface area contributed by atoms with E-state index in [0.717, 1.165) is 7.11 Å². The highest BCUT2D eigenvalue weighted by Gasteiger charge is 2.44. The fraction of sp³-hybridized carbons (Fsp3) is 0.625. The first kappa shape index (κ1) is 9.83. The third kappa shape index (κ3) is 2.34. The van der Waals surface area contributed by atoms with Gasteiger partial charge in [0.2, 0.25) is 5.78 Å². The molecule has 1 aliphatic rings. The van der Waals surface area contributed by atoms with Crippen LogP contribution in [0.25, 0.3) is 0 Å². The fourth-order valence-electron chi connectivity index (χ4n) is 0.973. The Bertz CT molecular complexity index is 261. The summed E-state index contributed by atoms with van der Waals surface area (Å²) in [5.41, 5.74) is 0. The quantitative estimate of drug-likeness (QED) is 0.355. The lowest BCUT2D eigenvalue weighted by Crippen LogP contribution is -2.20. The number of hydrogen-bond acceptors (Lipinski definition) is 4. The summed E-state index contributed by atoms with van der Waals surface area (Å²) in [6, 6.07) is 0. The summed E-state index contributed by atoms with van der Waals surface area (Å²) < 4.78 is 16.4. The zero-order valence-corrected chi connectivity index (χ0v) is 7.08. The van der Waals surface area contributed by atoms with Crippen LogP contribution in [-0.2, 0) is 19.1 Å². The fourth-order valence-corrected chi connectivity index (χ4v) is 0.973. The molecule has 2 atom stereocenters. The van der Waals surface area contributed by atoms with Crippen molar-refractivity contribution in [3.8, 4) is 0 Å². The molecule has 4 nitrogen and oxygen atoms in total. The van der Waals surface area contributed by atoms with Crippen LogP contribution in [0.4, 0.5) is 4.39 Å². The van der Waals surface area contributed by atoms with E-state index in [1.165, 1.54) is 0 Å². The standard InChI is InChI=1S/C8H9FO4/c1-13-8(12)7(11)3-6(10)4-2-5(4)9/h4-5H,2-3H2,1H3/t4-,5+/m1/s1. The van der Waals surface area contributed by atoms with Crippen LogP contribution in [0, 0.1) is 5.92 Å². The second-order valence-electron chi connectivity index (χ2n) is 2.92. The molecule has 0 aliphatic heterocycles. The molecule has 1 rings (SSSR count). The van der Waals surface area contributed by atoms with Gasteiger partial charge in [0, 0.05) is 0 Å². The van der Waals surface area contributed by atoms with Gasteiger partial charge in [-0.1, -0.05) is 0 Å². The number of rotatable bonds is 4. The van der Waals surface area contributed by atoms with Gasteiger partial charge in [-0.2, -0.15) is 0 Å². The zero-order valence-electron chi connectivity index (χ0n) is 7.08. The molecule has 1 saturated carbocycles. The lowest BCUT2D eigenvalue weighted by Gasteiger charge is -1.96. The number of hydrogen-bond donors (Lipinski definition) is 0. The summed E-state index contributed by atoms with van der Waals surface area (Å²) in [6.45, 7) is 0. The van der Waals surface area contributed by atoms with Crippen molar-refractivity contribution in [1.82, 2.24) is 0 Å².